The van der Waals surface area contributed by atoms with Crippen molar-refractivity contribution < 1.29 is 18.8 Å². The highest BCUT2D eigenvalue weighted by molar-refractivity contribution is 6.31. The highest BCUT2D eigenvalue weighted by Gasteiger charge is 2.35. The zero-order valence-corrected chi connectivity index (χ0v) is 16.8. The molecule has 1 atom stereocenters. The van der Waals surface area contributed by atoms with Crippen LogP contribution in [0.5, 0.6) is 11.5 Å². The van der Waals surface area contributed by atoms with Gasteiger partial charge in [0.25, 0.3) is 5.91 Å². The van der Waals surface area contributed by atoms with Crippen LogP contribution in [0.1, 0.15) is 35.1 Å². The van der Waals surface area contributed by atoms with Gasteiger partial charge in [-0.15, -0.1) is 0 Å². The Balaban J connectivity index is 1.60. The summed E-state index contributed by atoms with van der Waals surface area (Å²) in [4.78, 5) is 19.5. The maximum absolute atomic E-state index is 13.2. The molecular formula is C21H20ClN3O4. The van der Waals surface area contributed by atoms with Crippen molar-refractivity contribution in [2.45, 2.75) is 18.9 Å². The van der Waals surface area contributed by atoms with Crippen LogP contribution in [-0.2, 0) is 0 Å². The molecule has 4 rings (SSSR count). The van der Waals surface area contributed by atoms with Gasteiger partial charge in [0, 0.05) is 17.1 Å². The maximum Gasteiger partial charge on any atom is 0.258 e. The molecule has 1 saturated heterocycles. The molecule has 29 heavy (non-hydrogen) atoms. The van der Waals surface area contributed by atoms with Gasteiger partial charge in [-0.25, -0.2) is 0 Å². The Morgan fingerprint density at radius 1 is 1.17 bits per heavy atom. The lowest BCUT2D eigenvalue weighted by Crippen LogP contribution is -2.31. The molecule has 2 aromatic carbocycles. The zero-order valence-electron chi connectivity index (χ0n) is 16.1. The van der Waals surface area contributed by atoms with Gasteiger partial charge in [0.05, 0.1) is 19.8 Å². The largest absolute Gasteiger partial charge is 0.497 e. The van der Waals surface area contributed by atoms with E-state index in [1.165, 1.54) is 7.11 Å². The Bertz CT molecular complexity index is 1020. The monoisotopic (exact) mass is 413 g/mol. The number of carbonyl (C=O) groups excluding carboxylic acids is 1. The number of hydrogen-bond acceptors (Lipinski definition) is 6. The van der Waals surface area contributed by atoms with Crippen LogP contribution in [0.4, 0.5) is 0 Å². The van der Waals surface area contributed by atoms with E-state index in [0.717, 1.165) is 24.2 Å². The van der Waals surface area contributed by atoms with Gasteiger partial charge < -0.3 is 18.9 Å². The lowest BCUT2D eigenvalue weighted by molar-refractivity contribution is 0.0706. The van der Waals surface area contributed by atoms with E-state index >= 15 is 0 Å². The van der Waals surface area contributed by atoms with Crippen LogP contribution in [0.15, 0.2) is 47.0 Å². The summed E-state index contributed by atoms with van der Waals surface area (Å²) in [7, 11) is 3.14. The average Bonchev–Trinajstić information content (AvgIpc) is 3.42. The zero-order chi connectivity index (χ0) is 20.4. The second-order valence-corrected chi connectivity index (χ2v) is 7.12. The number of ether oxygens (including phenoxy) is 2. The molecule has 0 aliphatic carbocycles. The van der Waals surface area contributed by atoms with E-state index in [2.05, 4.69) is 10.1 Å². The number of nitrogens with zero attached hydrogens (tertiary/aromatic N) is 3. The lowest BCUT2D eigenvalue weighted by Gasteiger charge is -2.23. The fourth-order valence-corrected chi connectivity index (χ4v) is 3.67. The first-order valence-electron chi connectivity index (χ1n) is 9.23. The van der Waals surface area contributed by atoms with Gasteiger partial charge in [0.1, 0.15) is 17.5 Å². The van der Waals surface area contributed by atoms with E-state index in [1.54, 1.807) is 30.2 Å². The second kappa shape index (κ2) is 8.13. The lowest BCUT2D eigenvalue weighted by atomic mass is 10.1. The van der Waals surface area contributed by atoms with Crippen LogP contribution < -0.4 is 9.47 Å². The summed E-state index contributed by atoms with van der Waals surface area (Å²) >= 11 is 6.09. The first-order valence-corrected chi connectivity index (χ1v) is 9.61. The molecule has 0 radical (unpaired) electrons. The number of halogens is 1. The number of amides is 1. The second-order valence-electron chi connectivity index (χ2n) is 6.69. The number of rotatable bonds is 5. The highest BCUT2D eigenvalue weighted by Crippen LogP contribution is 2.35. The SMILES string of the molecule is COc1ccc(-c2noc([C@@H]3CCCN3C(=O)c3cc(Cl)ccc3OC)n2)cc1. The van der Waals surface area contributed by atoms with Crippen molar-refractivity contribution in [3.63, 3.8) is 0 Å². The fourth-order valence-electron chi connectivity index (χ4n) is 3.50. The van der Waals surface area contributed by atoms with Gasteiger partial charge in [0.15, 0.2) is 0 Å². The molecule has 8 heteroatoms. The average molecular weight is 414 g/mol. The molecule has 1 aliphatic heterocycles. The molecule has 0 N–H and O–H groups in total. The van der Waals surface area contributed by atoms with Crippen molar-refractivity contribution in [3.05, 3.63) is 58.9 Å². The molecule has 0 spiro atoms. The molecule has 3 aromatic rings. The summed E-state index contributed by atoms with van der Waals surface area (Å²) in [6, 6.07) is 12.1. The third-order valence-corrected chi connectivity index (χ3v) is 5.22. The van der Waals surface area contributed by atoms with E-state index in [-0.39, 0.29) is 11.9 Å². The van der Waals surface area contributed by atoms with Crippen LogP contribution in [0, 0.1) is 0 Å². The molecule has 0 unspecified atom stereocenters. The number of hydrogen-bond donors (Lipinski definition) is 0. The van der Waals surface area contributed by atoms with Crippen LogP contribution in [-0.4, -0.2) is 41.7 Å². The Labute approximate surface area is 173 Å². The molecular weight excluding hydrogens is 394 g/mol. The standard InChI is InChI=1S/C21H20ClN3O4/c1-27-15-8-5-13(6-9-15)19-23-20(29-24-19)17-4-3-11-25(17)21(26)16-12-14(22)7-10-18(16)28-2/h5-10,12,17H,3-4,11H2,1-2H3/t17-/m0/s1. The Morgan fingerprint density at radius 2 is 1.97 bits per heavy atom. The summed E-state index contributed by atoms with van der Waals surface area (Å²) in [6.45, 7) is 0.597. The molecule has 0 saturated carbocycles. The van der Waals surface area contributed by atoms with Crippen molar-refractivity contribution >= 4 is 17.5 Å². The summed E-state index contributed by atoms with van der Waals surface area (Å²) in [5.74, 6) is 1.95. The molecule has 2 heterocycles. The Morgan fingerprint density at radius 3 is 2.69 bits per heavy atom. The van der Waals surface area contributed by atoms with E-state index in [4.69, 9.17) is 25.6 Å². The quantitative estimate of drug-likeness (QED) is 0.617. The number of carbonyl (C=O) groups is 1. The van der Waals surface area contributed by atoms with Gasteiger partial charge in [-0.2, -0.15) is 4.98 Å². The molecule has 1 fully saturated rings. The third-order valence-electron chi connectivity index (χ3n) is 4.98. The van der Waals surface area contributed by atoms with Crippen molar-refractivity contribution in [1.29, 1.82) is 0 Å². The minimum Gasteiger partial charge on any atom is -0.497 e. The predicted octanol–water partition coefficient (Wildman–Crippen LogP) is 4.38. The first kappa shape index (κ1) is 19.3. The normalized spacial score (nSPS) is 16.1. The highest BCUT2D eigenvalue weighted by atomic mass is 35.5. The number of aromatic nitrogens is 2. The molecule has 1 aromatic heterocycles. The van der Waals surface area contributed by atoms with Gasteiger partial charge in [-0.3, -0.25) is 4.79 Å². The van der Waals surface area contributed by atoms with E-state index in [1.807, 2.05) is 24.3 Å². The third kappa shape index (κ3) is 3.78. The molecule has 0 bridgehead atoms. The minimum absolute atomic E-state index is 0.170. The van der Waals surface area contributed by atoms with Crippen molar-refractivity contribution in [1.82, 2.24) is 15.0 Å². The number of likely N-dealkylation sites (tertiary alicyclic amines) is 1. The first-order chi connectivity index (χ1) is 14.1. The predicted molar refractivity (Wildman–Crippen MR) is 107 cm³/mol. The minimum atomic E-state index is -0.286. The smallest absolute Gasteiger partial charge is 0.258 e. The van der Waals surface area contributed by atoms with Gasteiger partial charge in [0.2, 0.25) is 11.7 Å². The van der Waals surface area contributed by atoms with Crippen molar-refractivity contribution in [2.75, 3.05) is 20.8 Å². The van der Waals surface area contributed by atoms with E-state index in [0.29, 0.717) is 34.6 Å². The molecule has 7 nitrogen and oxygen atoms in total. The summed E-state index contributed by atoms with van der Waals surface area (Å²) in [5, 5.41) is 4.57. The molecule has 1 aliphatic rings. The van der Waals surface area contributed by atoms with Crippen LogP contribution in [0.25, 0.3) is 11.4 Å². The number of benzene rings is 2. The van der Waals surface area contributed by atoms with Crippen LogP contribution in [0.2, 0.25) is 5.02 Å². The molecule has 150 valence electrons. The van der Waals surface area contributed by atoms with Gasteiger partial charge in [-0.05, 0) is 55.3 Å². The van der Waals surface area contributed by atoms with Crippen molar-refractivity contribution in [2.24, 2.45) is 0 Å². The fraction of sp³-hybridized carbons (Fsp3) is 0.286. The summed E-state index contributed by atoms with van der Waals surface area (Å²) < 4.78 is 16.0. The molecule has 1 amide bonds. The van der Waals surface area contributed by atoms with Crippen molar-refractivity contribution in [3.8, 4) is 22.9 Å². The topological polar surface area (TPSA) is 77.7 Å². The van der Waals surface area contributed by atoms with Gasteiger partial charge in [-0.1, -0.05) is 16.8 Å². The van der Waals surface area contributed by atoms with E-state index < -0.39 is 0 Å². The van der Waals surface area contributed by atoms with E-state index in [9.17, 15) is 4.79 Å². The Kier molecular flexibility index (Phi) is 5.40. The summed E-state index contributed by atoms with van der Waals surface area (Å²) in [6.07, 6.45) is 1.60. The van der Waals surface area contributed by atoms with Crippen LogP contribution in [0.3, 0.4) is 0 Å². The maximum atomic E-state index is 13.2. The van der Waals surface area contributed by atoms with Crippen LogP contribution >= 0.6 is 11.6 Å². The Hall–Kier alpha value is -3.06. The van der Waals surface area contributed by atoms with Gasteiger partial charge >= 0.3 is 0 Å². The summed E-state index contributed by atoms with van der Waals surface area (Å²) in [5.41, 5.74) is 1.23. The number of methoxy groups -OCH3 is 2.